The Labute approximate surface area is 136 Å². The summed E-state index contributed by atoms with van der Waals surface area (Å²) in [6, 6.07) is 0. The molecule has 110 valence electrons. The Hall–Kier alpha value is 2.20. The molecular weight excluding hydrogens is 503 g/mol. The van der Waals surface area contributed by atoms with Gasteiger partial charge in [0.25, 0.3) is 23.5 Å². The molecule has 0 aromatic carbocycles. The van der Waals surface area contributed by atoms with Gasteiger partial charge >= 0.3 is 24.4 Å². The van der Waals surface area contributed by atoms with Gasteiger partial charge in [-0.15, -0.1) is 0 Å². The minimum absolute atomic E-state index is 0. The van der Waals surface area contributed by atoms with Crippen molar-refractivity contribution >= 4 is 84.9 Å². The first-order valence-electron chi connectivity index (χ1n) is 3.19. The largest absolute Gasteiger partial charge is 3.00 e. The molecule has 0 atom stereocenters. The maximum atomic E-state index is 9.65. The van der Waals surface area contributed by atoms with Crippen LogP contribution in [0, 0.1) is 0 Å². The zero-order valence-electron chi connectivity index (χ0n) is 7.91. The molecule has 0 aliphatic carbocycles. The van der Waals surface area contributed by atoms with Crippen LogP contribution in [0.5, 0.6) is 0 Å². The topological polar surface area (TPSA) is 176 Å². The number of rotatable bonds is 0. The Bertz CT molecular complexity index is 337. The Morgan fingerprint density at radius 1 is 0.579 bits per heavy atom. The second-order valence-electron chi connectivity index (χ2n) is 1.99. The van der Waals surface area contributed by atoms with Crippen molar-refractivity contribution in [2.75, 3.05) is 0 Å². The SMILES string of the molecule is O=P1([O-])OSO1.O=P1([O-])OSO1.O=P1([O-])OSO1.[Sb+3]. The molecule has 0 amide bonds. The van der Waals surface area contributed by atoms with Crippen molar-refractivity contribution in [3.8, 4) is 0 Å². The molecule has 3 aliphatic rings. The minimum atomic E-state index is -3.75. The van der Waals surface area contributed by atoms with Crippen molar-refractivity contribution in [3.05, 3.63) is 0 Å². The van der Waals surface area contributed by atoms with Gasteiger partial charge < -0.3 is 14.7 Å². The molecule has 3 heterocycles. The van der Waals surface area contributed by atoms with Crippen LogP contribution in [0.25, 0.3) is 0 Å². The van der Waals surface area contributed by atoms with E-state index in [-0.39, 0.29) is 24.4 Å². The van der Waals surface area contributed by atoms with Gasteiger partial charge in [-0.25, -0.2) is 23.8 Å². The summed E-state index contributed by atoms with van der Waals surface area (Å²) in [4.78, 5) is 28.9. The van der Waals surface area contributed by atoms with Crippen molar-refractivity contribution in [1.29, 1.82) is 0 Å². The zero-order valence-corrected chi connectivity index (χ0v) is 15.6. The van der Waals surface area contributed by atoms with Crippen LogP contribution in [-0.2, 0) is 37.5 Å². The standard InChI is InChI=1S/3HO4PS.Sb/c3*1-5(2)3-6-4-5;/h3*(H,1,2);/q;;;+3/p-3. The maximum absolute atomic E-state index is 9.65. The van der Waals surface area contributed by atoms with Crippen molar-refractivity contribution in [1.82, 2.24) is 0 Å². The molecule has 0 aromatic heterocycles. The first kappa shape index (κ1) is 21.2. The normalized spacial score (nSPS) is 27.3. The van der Waals surface area contributed by atoms with Gasteiger partial charge in [-0.1, -0.05) is 0 Å². The van der Waals surface area contributed by atoms with E-state index in [2.05, 4.69) is 23.8 Å². The van der Waals surface area contributed by atoms with Gasteiger partial charge in [-0.3, -0.25) is 13.7 Å². The summed E-state index contributed by atoms with van der Waals surface area (Å²) in [5.41, 5.74) is 0. The molecule has 2 radical (unpaired) electrons. The molecule has 0 N–H and O–H groups in total. The van der Waals surface area contributed by atoms with Gasteiger partial charge in [0.05, 0.1) is 0 Å². The second kappa shape index (κ2) is 8.73. The van der Waals surface area contributed by atoms with Crippen LogP contribution >= 0.6 is 60.4 Å². The second-order valence-corrected chi connectivity index (χ2v) is 8.66. The van der Waals surface area contributed by atoms with Crippen LogP contribution in [-0.4, -0.2) is 24.4 Å². The summed E-state index contributed by atoms with van der Waals surface area (Å²) in [6.45, 7) is 0. The van der Waals surface area contributed by atoms with Crippen LogP contribution < -0.4 is 14.7 Å². The molecule has 19 heteroatoms. The van der Waals surface area contributed by atoms with Crippen LogP contribution in [0.3, 0.4) is 0 Å². The summed E-state index contributed by atoms with van der Waals surface area (Å²) < 4.78 is 51.8. The maximum Gasteiger partial charge on any atom is 3.00 e. The van der Waals surface area contributed by atoms with Crippen LogP contribution in [0.15, 0.2) is 0 Å². The van der Waals surface area contributed by atoms with E-state index < -0.39 is 23.5 Å². The third-order valence-corrected chi connectivity index (χ3v) is 6.57. The van der Waals surface area contributed by atoms with Crippen molar-refractivity contribution in [2.45, 2.75) is 0 Å². The fourth-order valence-electron chi connectivity index (χ4n) is 0.240. The molecule has 0 aromatic rings. The summed E-state index contributed by atoms with van der Waals surface area (Å²) in [5, 5.41) is 0. The molecule has 0 saturated carbocycles. The molecule has 3 aliphatic heterocycles. The van der Waals surface area contributed by atoms with E-state index in [1.807, 2.05) is 0 Å². The third-order valence-electron chi connectivity index (χ3n) is 0.730. The smallest absolute Gasteiger partial charge is 0.755 e. The Kier molecular flexibility index (Phi) is 9.74. The van der Waals surface area contributed by atoms with E-state index in [1.165, 1.54) is 0 Å². The Balaban J connectivity index is 0.000000249. The summed E-state index contributed by atoms with van der Waals surface area (Å²) >= 11 is 1.41. The fraction of sp³-hybridized carbons (Fsp3) is 0. The van der Waals surface area contributed by atoms with E-state index in [9.17, 15) is 28.4 Å². The average molecular weight is 503 g/mol. The third kappa shape index (κ3) is 9.75. The monoisotopic (exact) mass is 502 g/mol. The molecule has 19 heavy (non-hydrogen) atoms. The van der Waals surface area contributed by atoms with Gasteiger partial charge in [0.1, 0.15) is 0 Å². The van der Waals surface area contributed by atoms with E-state index in [4.69, 9.17) is 0 Å². The molecule has 3 rings (SSSR count). The van der Waals surface area contributed by atoms with E-state index in [0.29, 0.717) is 37.0 Å². The zero-order chi connectivity index (χ0) is 13.9. The average Bonchev–Trinajstić information content (AvgIpc) is 2.13. The molecule has 12 nitrogen and oxygen atoms in total. The van der Waals surface area contributed by atoms with E-state index in [0.717, 1.165) is 0 Å². The predicted octanol–water partition coefficient (Wildman–Crippen LogP) is -0.186. The Morgan fingerprint density at radius 2 is 0.684 bits per heavy atom. The van der Waals surface area contributed by atoms with Gasteiger partial charge in [0.2, 0.25) is 0 Å². The molecular formula is O12P3S3Sb. The molecule has 0 bridgehead atoms. The van der Waals surface area contributed by atoms with Crippen LogP contribution in [0.2, 0.25) is 0 Å². The number of hydrogen-bond donors (Lipinski definition) is 0. The Morgan fingerprint density at radius 3 is 0.684 bits per heavy atom. The van der Waals surface area contributed by atoms with Crippen LogP contribution in [0.1, 0.15) is 0 Å². The molecule has 3 fully saturated rings. The summed E-state index contributed by atoms with van der Waals surface area (Å²) in [7, 11) is -11.3. The summed E-state index contributed by atoms with van der Waals surface area (Å²) in [6.07, 6.45) is 0. The predicted molar refractivity (Wildman–Crippen MR) is 57.9 cm³/mol. The van der Waals surface area contributed by atoms with Crippen molar-refractivity contribution in [2.24, 2.45) is 0 Å². The molecule has 0 unspecified atom stereocenters. The minimum Gasteiger partial charge on any atom is -0.755 e. The number of phosphoric acid groups is 3. The molecule has 0 spiro atoms. The fourth-order valence-corrected chi connectivity index (χ4v) is 2.16. The van der Waals surface area contributed by atoms with Crippen molar-refractivity contribution in [3.63, 3.8) is 0 Å². The van der Waals surface area contributed by atoms with Gasteiger partial charge in [0.15, 0.2) is 37.0 Å². The first-order valence-corrected chi connectivity index (χ1v) is 9.57. The first-order chi connectivity index (χ1) is 8.12. The van der Waals surface area contributed by atoms with Gasteiger partial charge in [-0.2, -0.15) is 0 Å². The van der Waals surface area contributed by atoms with Crippen LogP contribution in [0.4, 0.5) is 0 Å². The van der Waals surface area contributed by atoms with Crippen molar-refractivity contribution < 1.29 is 52.2 Å². The quantitative estimate of drug-likeness (QED) is 0.242. The van der Waals surface area contributed by atoms with Gasteiger partial charge in [-0.05, 0) is 0 Å². The summed E-state index contributed by atoms with van der Waals surface area (Å²) in [5.74, 6) is 0. The van der Waals surface area contributed by atoms with Gasteiger partial charge in [0, 0.05) is 0 Å². The van der Waals surface area contributed by atoms with E-state index >= 15 is 0 Å². The number of hydrogen-bond acceptors (Lipinski definition) is 15. The van der Waals surface area contributed by atoms with E-state index in [1.54, 1.807) is 0 Å². The molecule has 3 saturated heterocycles.